The first-order chi connectivity index (χ1) is 13.1. The third-order valence-electron chi connectivity index (χ3n) is 5.80. The molecular weight excluding hydrogens is 346 g/mol. The summed E-state index contributed by atoms with van der Waals surface area (Å²) in [6.07, 6.45) is 6.41. The summed E-state index contributed by atoms with van der Waals surface area (Å²) in [5, 5.41) is 22.4. The highest BCUT2D eigenvalue weighted by Crippen LogP contribution is 2.27. The summed E-state index contributed by atoms with van der Waals surface area (Å²) < 4.78 is 3.75. The van der Waals surface area contributed by atoms with E-state index in [9.17, 15) is 9.90 Å². The zero-order valence-corrected chi connectivity index (χ0v) is 15.7. The van der Waals surface area contributed by atoms with Gasteiger partial charge >= 0.3 is 0 Å². The molecule has 0 radical (unpaired) electrons. The monoisotopic (exact) mass is 373 g/mol. The van der Waals surface area contributed by atoms with Crippen molar-refractivity contribution in [2.45, 2.75) is 70.8 Å². The van der Waals surface area contributed by atoms with Gasteiger partial charge < -0.3 is 15.7 Å². The predicted molar refractivity (Wildman–Crippen MR) is 97.8 cm³/mol. The summed E-state index contributed by atoms with van der Waals surface area (Å²) in [4.78, 5) is 14.7. The van der Waals surface area contributed by atoms with E-state index < -0.39 is 0 Å². The molecule has 3 heterocycles. The molecule has 0 saturated heterocycles. The summed E-state index contributed by atoms with van der Waals surface area (Å²) in [7, 11) is 0. The van der Waals surface area contributed by atoms with Crippen LogP contribution in [0.3, 0.4) is 0 Å². The summed E-state index contributed by atoms with van der Waals surface area (Å²) in [5.74, 6) is -0.118. The maximum atomic E-state index is 12.9. The maximum Gasteiger partial charge on any atom is 0.276 e. The van der Waals surface area contributed by atoms with Gasteiger partial charge in [0.05, 0.1) is 24.5 Å². The van der Waals surface area contributed by atoms with Crippen LogP contribution in [-0.2, 0) is 26.1 Å². The van der Waals surface area contributed by atoms with Gasteiger partial charge in [0.1, 0.15) is 0 Å². The van der Waals surface area contributed by atoms with Crippen LogP contribution in [0.5, 0.6) is 0 Å². The van der Waals surface area contributed by atoms with Crippen molar-refractivity contribution < 1.29 is 9.90 Å². The van der Waals surface area contributed by atoms with Gasteiger partial charge in [0.15, 0.2) is 5.69 Å². The van der Waals surface area contributed by atoms with E-state index >= 15 is 0 Å². The van der Waals surface area contributed by atoms with Crippen molar-refractivity contribution in [1.82, 2.24) is 29.7 Å². The molecular formula is C18H27N7O2. The van der Waals surface area contributed by atoms with Crippen LogP contribution in [-0.4, -0.2) is 53.3 Å². The van der Waals surface area contributed by atoms with E-state index in [-0.39, 0.29) is 24.6 Å². The van der Waals surface area contributed by atoms with E-state index in [2.05, 4.69) is 15.4 Å². The van der Waals surface area contributed by atoms with Crippen LogP contribution < -0.4 is 5.73 Å². The van der Waals surface area contributed by atoms with Gasteiger partial charge in [-0.1, -0.05) is 5.21 Å². The molecule has 0 aromatic carbocycles. The van der Waals surface area contributed by atoms with Crippen LogP contribution in [0.1, 0.15) is 66.1 Å². The molecule has 1 aliphatic heterocycles. The smallest absolute Gasteiger partial charge is 0.276 e. The van der Waals surface area contributed by atoms with Crippen LogP contribution in [0.4, 0.5) is 0 Å². The molecule has 3 N–H and O–H groups in total. The minimum absolute atomic E-state index is 0.114. The minimum Gasteiger partial charge on any atom is -0.390 e. The normalized spacial score (nSPS) is 22.7. The van der Waals surface area contributed by atoms with Gasteiger partial charge in [0.25, 0.3) is 5.91 Å². The second kappa shape index (κ2) is 7.40. The molecule has 0 unspecified atom stereocenters. The number of carbonyl (C=O) groups excluding carboxylic acids is 1. The Hall–Kier alpha value is -2.26. The average molecular weight is 373 g/mol. The standard InChI is InChI=1S/C18H27N7O2/c1-2-24-17-7-8-23(9-14(17)16(11-26)21-24)18(27)15-10-25(22-20-15)13-5-3-12(19)4-6-13/h10,12-13,26H,2-9,11,19H2,1H3. The molecule has 9 heteroatoms. The molecule has 9 nitrogen and oxygen atoms in total. The average Bonchev–Trinajstić information content (AvgIpc) is 3.32. The third kappa shape index (κ3) is 3.37. The number of carbonyl (C=O) groups is 1. The largest absolute Gasteiger partial charge is 0.390 e. The molecule has 2 aromatic rings. The highest BCUT2D eigenvalue weighted by atomic mass is 16.3. The second-order valence-corrected chi connectivity index (χ2v) is 7.47. The van der Waals surface area contributed by atoms with Crippen LogP contribution in [0.15, 0.2) is 6.20 Å². The Labute approximate surface area is 158 Å². The van der Waals surface area contributed by atoms with Crippen molar-refractivity contribution in [3.63, 3.8) is 0 Å². The Morgan fingerprint density at radius 2 is 2.11 bits per heavy atom. The fourth-order valence-corrected chi connectivity index (χ4v) is 4.21. The van der Waals surface area contributed by atoms with Gasteiger partial charge in [-0.2, -0.15) is 5.10 Å². The molecule has 1 amide bonds. The SMILES string of the molecule is CCn1nc(CO)c2c1CCN(C(=O)c1cn(C3CCC(N)CC3)nn1)C2. The highest BCUT2D eigenvalue weighted by Gasteiger charge is 2.29. The van der Waals surface area contributed by atoms with Gasteiger partial charge in [-0.25, -0.2) is 4.68 Å². The zero-order valence-electron chi connectivity index (χ0n) is 15.7. The van der Waals surface area contributed by atoms with Crippen LogP contribution in [0, 0.1) is 0 Å². The van der Waals surface area contributed by atoms with E-state index in [1.807, 2.05) is 16.3 Å². The van der Waals surface area contributed by atoms with Gasteiger partial charge in [-0.3, -0.25) is 9.48 Å². The lowest BCUT2D eigenvalue weighted by molar-refractivity contribution is 0.0726. The molecule has 2 aromatic heterocycles. The quantitative estimate of drug-likeness (QED) is 0.812. The molecule has 0 atom stereocenters. The number of fused-ring (bicyclic) bond motifs is 1. The van der Waals surface area contributed by atoms with Gasteiger partial charge in [-0.05, 0) is 32.6 Å². The number of aliphatic hydroxyl groups excluding tert-OH is 1. The van der Waals surface area contributed by atoms with E-state index in [1.54, 1.807) is 11.1 Å². The van der Waals surface area contributed by atoms with Crippen molar-refractivity contribution in [3.05, 3.63) is 28.8 Å². The first kappa shape index (κ1) is 18.1. The van der Waals surface area contributed by atoms with Crippen LogP contribution >= 0.6 is 0 Å². The first-order valence-electron chi connectivity index (χ1n) is 9.75. The van der Waals surface area contributed by atoms with Gasteiger partial charge in [0, 0.05) is 43.4 Å². The molecule has 0 spiro atoms. The number of amides is 1. The minimum atomic E-state index is -0.118. The number of nitrogens with two attached hydrogens (primary N) is 1. The van der Waals surface area contributed by atoms with E-state index in [0.717, 1.165) is 49.9 Å². The lowest BCUT2D eigenvalue weighted by atomic mass is 9.92. The van der Waals surface area contributed by atoms with Gasteiger partial charge in [0.2, 0.25) is 0 Å². The van der Waals surface area contributed by atoms with Crippen molar-refractivity contribution >= 4 is 5.91 Å². The number of aliphatic hydroxyl groups is 1. The number of aryl methyl sites for hydroxylation is 1. The lowest BCUT2D eigenvalue weighted by Crippen LogP contribution is -2.36. The van der Waals surface area contributed by atoms with E-state index in [4.69, 9.17) is 5.73 Å². The van der Waals surface area contributed by atoms with E-state index in [1.165, 1.54) is 0 Å². The van der Waals surface area contributed by atoms with Gasteiger partial charge in [-0.15, -0.1) is 5.10 Å². The van der Waals surface area contributed by atoms with Crippen LogP contribution in [0.2, 0.25) is 0 Å². The van der Waals surface area contributed by atoms with Crippen molar-refractivity contribution in [1.29, 1.82) is 0 Å². The summed E-state index contributed by atoms with van der Waals surface area (Å²) in [5.41, 5.74) is 9.09. The molecule has 2 aliphatic rings. The molecule has 1 fully saturated rings. The van der Waals surface area contributed by atoms with Crippen molar-refractivity contribution in [2.24, 2.45) is 5.73 Å². The lowest BCUT2D eigenvalue weighted by Gasteiger charge is -2.27. The highest BCUT2D eigenvalue weighted by molar-refractivity contribution is 5.92. The Morgan fingerprint density at radius 1 is 1.33 bits per heavy atom. The summed E-state index contributed by atoms with van der Waals surface area (Å²) in [6.45, 7) is 3.75. The number of hydrogen-bond donors (Lipinski definition) is 2. The molecule has 27 heavy (non-hydrogen) atoms. The maximum absolute atomic E-state index is 12.9. The molecule has 1 saturated carbocycles. The number of aromatic nitrogens is 5. The number of nitrogens with zero attached hydrogens (tertiary/aromatic N) is 6. The topological polar surface area (TPSA) is 115 Å². The predicted octanol–water partition coefficient (Wildman–Crippen LogP) is 0.628. The van der Waals surface area contributed by atoms with Crippen LogP contribution in [0.25, 0.3) is 0 Å². The Kier molecular flexibility index (Phi) is 4.96. The van der Waals surface area contributed by atoms with E-state index in [0.29, 0.717) is 24.5 Å². The first-order valence-corrected chi connectivity index (χ1v) is 9.75. The van der Waals surface area contributed by atoms with Crippen molar-refractivity contribution in [3.8, 4) is 0 Å². The second-order valence-electron chi connectivity index (χ2n) is 7.47. The number of rotatable bonds is 4. The third-order valence-corrected chi connectivity index (χ3v) is 5.80. The fraction of sp³-hybridized carbons (Fsp3) is 0.667. The number of hydrogen-bond acceptors (Lipinski definition) is 6. The Bertz CT molecular complexity index is 820. The van der Waals surface area contributed by atoms with Crippen molar-refractivity contribution in [2.75, 3.05) is 6.54 Å². The molecule has 4 rings (SSSR count). The summed E-state index contributed by atoms with van der Waals surface area (Å²) in [6, 6.07) is 0.550. The fourth-order valence-electron chi connectivity index (χ4n) is 4.21. The Morgan fingerprint density at radius 3 is 2.81 bits per heavy atom. The molecule has 146 valence electrons. The Balaban J connectivity index is 1.49. The zero-order chi connectivity index (χ0) is 19.0. The molecule has 1 aliphatic carbocycles. The molecule has 0 bridgehead atoms. The summed E-state index contributed by atoms with van der Waals surface area (Å²) >= 11 is 0.